The number of amides is 1. The Kier molecular flexibility index (Phi) is 4.90. The Labute approximate surface area is 120 Å². The number of hydrogen-bond donors (Lipinski definition) is 1. The minimum Gasteiger partial charge on any atom is -0.325 e. The largest absolute Gasteiger partial charge is 0.325 e. The monoisotopic (exact) mass is 274 g/mol. The lowest BCUT2D eigenvalue weighted by atomic mass is 9.97. The molecule has 1 aliphatic rings. The highest BCUT2D eigenvalue weighted by Crippen LogP contribution is 2.21. The van der Waals surface area contributed by atoms with E-state index in [-0.39, 0.29) is 23.8 Å². The second-order valence-electron chi connectivity index (χ2n) is 5.39. The number of para-hydroxylation sites is 1. The van der Waals surface area contributed by atoms with Crippen LogP contribution in [0, 0.1) is 0 Å². The minimum atomic E-state index is -0.288. The number of nitrogens with zero attached hydrogens (tertiary/aromatic N) is 1. The molecule has 1 amide bonds. The van der Waals surface area contributed by atoms with E-state index in [0.717, 1.165) is 31.5 Å². The maximum Gasteiger partial charge on any atom is 0.241 e. The molecule has 108 valence electrons. The fraction of sp³-hybridized carbons (Fsp3) is 0.500. The van der Waals surface area contributed by atoms with Crippen molar-refractivity contribution in [3.05, 3.63) is 30.3 Å². The van der Waals surface area contributed by atoms with Crippen LogP contribution in [0.15, 0.2) is 30.3 Å². The Bertz CT molecular complexity index is 473. The molecule has 0 saturated carbocycles. The van der Waals surface area contributed by atoms with Crippen LogP contribution >= 0.6 is 0 Å². The van der Waals surface area contributed by atoms with E-state index in [4.69, 9.17) is 0 Å². The lowest BCUT2D eigenvalue weighted by Gasteiger charge is -2.37. The summed E-state index contributed by atoms with van der Waals surface area (Å²) in [5, 5.41) is 2.91. The standard InChI is InChI=1S/C16H22N2O2/c1-12(16(20)17-14-8-4-3-5-9-14)18-11-7-6-10-15(18)13(2)19/h3-5,8-9,12,15H,6-7,10-11H2,1-2H3,(H,17,20). The molecule has 0 aliphatic carbocycles. The summed E-state index contributed by atoms with van der Waals surface area (Å²) >= 11 is 0. The van der Waals surface area contributed by atoms with Crippen LogP contribution in [0.4, 0.5) is 5.69 Å². The Balaban J connectivity index is 2.03. The van der Waals surface area contributed by atoms with Gasteiger partial charge in [0, 0.05) is 5.69 Å². The van der Waals surface area contributed by atoms with Crippen LogP contribution in [0.1, 0.15) is 33.1 Å². The van der Waals surface area contributed by atoms with E-state index in [1.807, 2.05) is 42.2 Å². The lowest BCUT2D eigenvalue weighted by molar-refractivity contribution is -0.128. The first-order valence-electron chi connectivity index (χ1n) is 7.21. The van der Waals surface area contributed by atoms with Crippen LogP contribution in [0.5, 0.6) is 0 Å². The zero-order valence-electron chi connectivity index (χ0n) is 12.1. The summed E-state index contributed by atoms with van der Waals surface area (Å²) in [6.07, 6.45) is 2.97. The van der Waals surface area contributed by atoms with Crippen molar-refractivity contribution < 1.29 is 9.59 Å². The van der Waals surface area contributed by atoms with Gasteiger partial charge in [-0.3, -0.25) is 14.5 Å². The number of piperidine rings is 1. The maximum atomic E-state index is 12.3. The molecule has 2 atom stereocenters. The average molecular weight is 274 g/mol. The third kappa shape index (κ3) is 3.45. The first-order valence-corrected chi connectivity index (χ1v) is 7.21. The van der Waals surface area contributed by atoms with E-state index in [1.54, 1.807) is 6.92 Å². The molecule has 1 aromatic rings. The number of nitrogens with one attached hydrogen (secondary N) is 1. The molecule has 1 N–H and O–H groups in total. The van der Waals surface area contributed by atoms with Gasteiger partial charge in [-0.05, 0) is 45.4 Å². The van der Waals surface area contributed by atoms with E-state index in [0.29, 0.717) is 0 Å². The molecule has 0 spiro atoms. The highest BCUT2D eigenvalue weighted by Gasteiger charge is 2.32. The van der Waals surface area contributed by atoms with Gasteiger partial charge in [-0.1, -0.05) is 24.6 Å². The Morgan fingerprint density at radius 1 is 1.25 bits per heavy atom. The molecule has 0 aromatic heterocycles. The van der Waals surface area contributed by atoms with Gasteiger partial charge in [0.1, 0.15) is 5.78 Å². The molecule has 4 heteroatoms. The molecule has 1 heterocycles. The smallest absolute Gasteiger partial charge is 0.241 e. The Hall–Kier alpha value is -1.68. The van der Waals surface area contributed by atoms with Crippen LogP contribution in [0.3, 0.4) is 0 Å². The van der Waals surface area contributed by atoms with Crippen molar-refractivity contribution in [2.45, 2.75) is 45.2 Å². The van der Waals surface area contributed by atoms with Crippen molar-refractivity contribution in [2.75, 3.05) is 11.9 Å². The Morgan fingerprint density at radius 3 is 2.60 bits per heavy atom. The second kappa shape index (κ2) is 6.66. The number of hydrogen-bond acceptors (Lipinski definition) is 3. The minimum absolute atomic E-state index is 0.0515. The van der Waals surface area contributed by atoms with Crippen molar-refractivity contribution in [3.63, 3.8) is 0 Å². The van der Waals surface area contributed by atoms with Crippen molar-refractivity contribution in [2.24, 2.45) is 0 Å². The van der Waals surface area contributed by atoms with Gasteiger partial charge in [0.2, 0.25) is 5.91 Å². The summed E-state index contributed by atoms with van der Waals surface area (Å²) in [7, 11) is 0. The predicted octanol–water partition coefficient (Wildman–Crippen LogP) is 2.46. The molecule has 1 aromatic carbocycles. The third-order valence-corrected chi connectivity index (χ3v) is 3.93. The molecule has 4 nitrogen and oxygen atoms in total. The summed E-state index contributed by atoms with van der Waals surface area (Å²) in [4.78, 5) is 26.1. The van der Waals surface area contributed by atoms with E-state index >= 15 is 0 Å². The van der Waals surface area contributed by atoms with Crippen LogP contribution in [0.2, 0.25) is 0 Å². The predicted molar refractivity (Wildman–Crippen MR) is 79.6 cm³/mol. The fourth-order valence-electron chi connectivity index (χ4n) is 2.77. The molecule has 20 heavy (non-hydrogen) atoms. The maximum absolute atomic E-state index is 12.3. The highest BCUT2D eigenvalue weighted by atomic mass is 16.2. The number of anilines is 1. The van der Waals surface area contributed by atoms with Crippen LogP contribution in [0.25, 0.3) is 0 Å². The molecule has 1 aliphatic heterocycles. The normalized spacial score (nSPS) is 21.2. The molecule has 1 fully saturated rings. The molecule has 0 bridgehead atoms. The number of carbonyl (C=O) groups is 2. The van der Waals surface area contributed by atoms with Crippen LogP contribution in [-0.4, -0.2) is 35.2 Å². The van der Waals surface area contributed by atoms with E-state index in [1.165, 1.54) is 0 Å². The molecule has 2 unspecified atom stereocenters. The van der Waals surface area contributed by atoms with Crippen molar-refractivity contribution in [3.8, 4) is 0 Å². The van der Waals surface area contributed by atoms with Crippen molar-refractivity contribution >= 4 is 17.4 Å². The molecular formula is C16H22N2O2. The molecule has 1 saturated heterocycles. The van der Waals surface area contributed by atoms with Gasteiger partial charge in [0.15, 0.2) is 0 Å². The summed E-state index contributed by atoms with van der Waals surface area (Å²) in [6, 6.07) is 9.02. The number of ketones is 1. The summed E-state index contributed by atoms with van der Waals surface area (Å²) in [6.45, 7) is 4.30. The average Bonchev–Trinajstić information content (AvgIpc) is 2.47. The summed E-state index contributed by atoms with van der Waals surface area (Å²) < 4.78 is 0. The summed E-state index contributed by atoms with van der Waals surface area (Å²) in [5.74, 6) is 0.105. The number of carbonyl (C=O) groups excluding carboxylic acids is 2. The topological polar surface area (TPSA) is 49.4 Å². The zero-order valence-corrected chi connectivity index (χ0v) is 12.1. The van der Waals surface area contributed by atoms with Crippen molar-refractivity contribution in [1.82, 2.24) is 4.90 Å². The van der Waals surface area contributed by atoms with Gasteiger partial charge in [-0.15, -0.1) is 0 Å². The van der Waals surface area contributed by atoms with E-state index in [9.17, 15) is 9.59 Å². The molecule has 0 radical (unpaired) electrons. The molecular weight excluding hydrogens is 252 g/mol. The first-order chi connectivity index (χ1) is 9.59. The second-order valence-corrected chi connectivity index (χ2v) is 5.39. The lowest BCUT2D eigenvalue weighted by Crippen LogP contribution is -2.52. The number of rotatable bonds is 4. The quantitative estimate of drug-likeness (QED) is 0.917. The van der Waals surface area contributed by atoms with Gasteiger partial charge in [0.05, 0.1) is 12.1 Å². The number of likely N-dealkylation sites (tertiary alicyclic amines) is 1. The summed E-state index contributed by atoms with van der Waals surface area (Å²) in [5.41, 5.74) is 0.792. The SMILES string of the molecule is CC(=O)C1CCCCN1C(C)C(=O)Nc1ccccc1. The van der Waals surface area contributed by atoms with E-state index in [2.05, 4.69) is 5.32 Å². The Morgan fingerprint density at radius 2 is 1.95 bits per heavy atom. The van der Waals surface area contributed by atoms with Gasteiger partial charge in [-0.25, -0.2) is 0 Å². The first kappa shape index (κ1) is 14.7. The van der Waals surface area contributed by atoms with Gasteiger partial charge in [-0.2, -0.15) is 0 Å². The fourth-order valence-corrected chi connectivity index (χ4v) is 2.77. The third-order valence-electron chi connectivity index (χ3n) is 3.93. The van der Waals surface area contributed by atoms with Gasteiger partial charge in [0.25, 0.3) is 0 Å². The van der Waals surface area contributed by atoms with Crippen molar-refractivity contribution in [1.29, 1.82) is 0 Å². The molecule has 2 rings (SSSR count). The van der Waals surface area contributed by atoms with Crippen LogP contribution in [-0.2, 0) is 9.59 Å². The van der Waals surface area contributed by atoms with Gasteiger partial charge < -0.3 is 5.32 Å². The number of benzene rings is 1. The highest BCUT2D eigenvalue weighted by molar-refractivity contribution is 5.95. The van der Waals surface area contributed by atoms with E-state index < -0.39 is 0 Å². The van der Waals surface area contributed by atoms with Crippen LogP contribution < -0.4 is 5.32 Å². The van der Waals surface area contributed by atoms with Gasteiger partial charge >= 0.3 is 0 Å². The zero-order chi connectivity index (χ0) is 14.5. The number of Topliss-reactive ketones (excluding diaryl/α,β-unsaturated/α-hetero) is 1.